The summed E-state index contributed by atoms with van der Waals surface area (Å²) in [6.07, 6.45) is 5.72. The lowest BCUT2D eigenvalue weighted by atomic mass is 9.95. The number of hydrogen-bond donors (Lipinski definition) is 1. The second-order valence-electron chi connectivity index (χ2n) is 7.90. The van der Waals surface area contributed by atoms with E-state index in [1.54, 1.807) is 12.1 Å². The molecular formula is C21H30FN5OS. The summed E-state index contributed by atoms with van der Waals surface area (Å²) in [7, 11) is 3.95. The Labute approximate surface area is 176 Å². The Morgan fingerprint density at radius 1 is 1.17 bits per heavy atom. The summed E-state index contributed by atoms with van der Waals surface area (Å²) >= 11 is 1.38. The van der Waals surface area contributed by atoms with Gasteiger partial charge in [0.2, 0.25) is 5.91 Å². The molecule has 1 N–H and O–H groups in total. The van der Waals surface area contributed by atoms with Crippen LogP contribution in [0.1, 0.15) is 57.8 Å². The molecule has 1 saturated carbocycles. The minimum atomic E-state index is -0.303. The highest BCUT2D eigenvalue weighted by atomic mass is 32.2. The topological polar surface area (TPSA) is 63.1 Å². The number of halogens is 1. The molecule has 1 aliphatic carbocycles. The zero-order valence-corrected chi connectivity index (χ0v) is 18.4. The van der Waals surface area contributed by atoms with E-state index in [1.807, 2.05) is 37.4 Å². The van der Waals surface area contributed by atoms with Gasteiger partial charge in [0, 0.05) is 11.7 Å². The molecular weight excluding hydrogens is 389 g/mol. The Morgan fingerprint density at radius 3 is 2.45 bits per heavy atom. The minimum Gasteiger partial charge on any atom is -0.352 e. The van der Waals surface area contributed by atoms with Gasteiger partial charge in [0.25, 0.3) is 0 Å². The molecule has 2 aromatic rings. The van der Waals surface area contributed by atoms with E-state index in [4.69, 9.17) is 0 Å². The number of benzene rings is 1. The van der Waals surface area contributed by atoms with Crippen LogP contribution >= 0.6 is 11.8 Å². The summed E-state index contributed by atoms with van der Waals surface area (Å²) in [6.45, 7) is 3.93. The summed E-state index contributed by atoms with van der Waals surface area (Å²) in [6, 6.07) is 6.55. The maximum Gasteiger partial charge on any atom is 0.233 e. The molecule has 1 amide bonds. The first kappa shape index (κ1) is 21.8. The van der Waals surface area contributed by atoms with Crippen molar-refractivity contribution in [2.24, 2.45) is 0 Å². The van der Waals surface area contributed by atoms with Crippen LogP contribution < -0.4 is 5.32 Å². The lowest BCUT2D eigenvalue weighted by molar-refractivity contribution is -0.121. The number of nitrogens with zero attached hydrogens (tertiary/aromatic N) is 4. The number of rotatable bonds is 7. The van der Waals surface area contributed by atoms with Crippen LogP contribution in [0.25, 0.3) is 5.69 Å². The Morgan fingerprint density at radius 2 is 1.83 bits per heavy atom. The van der Waals surface area contributed by atoms with Crippen LogP contribution in [0, 0.1) is 5.82 Å². The van der Waals surface area contributed by atoms with Gasteiger partial charge in [-0.15, -0.1) is 10.2 Å². The summed E-state index contributed by atoms with van der Waals surface area (Å²) < 4.78 is 15.4. The Kier molecular flexibility index (Phi) is 7.29. The van der Waals surface area contributed by atoms with Crippen LogP contribution in [-0.4, -0.2) is 51.0 Å². The standard InChI is InChI=1S/C21H30FN5OS/c1-14(26(3)4)19-24-25-21(27(19)18-12-10-16(22)11-13-18)29-15(2)20(28)23-17-8-6-5-7-9-17/h10-15,17H,5-9H2,1-4H3,(H,23,28)/t14-,15-/m1/s1. The quantitative estimate of drug-likeness (QED) is 0.689. The van der Waals surface area contributed by atoms with Crippen molar-refractivity contribution in [3.63, 3.8) is 0 Å². The van der Waals surface area contributed by atoms with Gasteiger partial charge < -0.3 is 5.32 Å². The molecule has 0 unspecified atom stereocenters. The van der Waals surface area contributed by atoms with Crippen LogP contribution in [0.4, 0.5) is 4.39 Å². The first-order valence-electron chi connectivity index (χ1n) is 10.2. The zero-order chi connectivity index (χ0) is 21.0. The molecule has 0 saturated heterocycles. The third-order valence-corrected chi connectivity index (χ3v) is 6.54. The van der Waals surface area contributed by atoms with Gasteiger partial charge in [0.05, 0.1) is 11.3 Å². The number of thioether (sulfide) groups is 1. The van der Waals surface area contributed by atoms with Crippen LogP contribution in [0.2, 0.25) is 0 Å². The Hall–Kier alpha value is -1.93. The molecule has 1 aromatic heterocycles. The SMILES string of the molecule is C[C@H](c1nnc(S[C@H](C)C(=O)NC2CCCCC2)n1-c1ccc(F)cc1)N(C)C. The van der Waals surface area contributed by atoms with Gasteiger partial charge in [-0.2, -0.15) is 0 Å². The molecule has 1 aromatic carbocycles. The lowest BCUT2D eigenvalue weighted by Crippen LogP contribution is -2.40. The number of nitrogens with one attached hydrogen (secondary N) is 1. The number of hydrogen-bond acceptors (Lipinski definition) is 5. The average Bonchev–Trinajstić information content (AvgIpc) is 3.12. The summed E-state index contributed by atoms with van der Waals surface area (Å²) in [4.78, 5) is 14.7. The van der Waals surface area contributed by atoms with Gasteiger partial charge >= 0.3 is 0 Å². The number of aromatic nitrogens is 3. The second kappa shape index (κ2) is 9.71. The predicted molar refractivity (Wildman–Crippen MR) is 114 cm³/mol. The monoisotopic (exact) mass is 419 g/mol. The Balaban J connectivity index is 1.82. The molecule has 3 rings (SSSR count). The zero-order valence-electron chi connectivity index (χ0n) is 17.6. The van der Waals surface area contributed by atoms with E-state index < -0.39 is 0 Å². The molecule has 2 atom stereocenters. The maximum absolute atomic E-state index is 13.4. The third kappa shape index (κ3) is 5.36. The predicted octanol–water partition coefficient (Wildman–Crippen LogP) is 3.96. The first-order chi connectivity index (χ1) is 13.9. The highest BCUT2D eigenvalue weighted by Gasteiger charge is 2.25. The van der Waals surface area contributed by atoms with E-state index in [0.717, 1.165) is 24.4 Å². The normalized spacial score (nSPS) is 17.3. The smallest absolute Gasteiger partial charge is 0.233 e. The van der Waals surface area contributed by atoms with E-state index in [2.05, 4.69) is 15.5 Å². The van der Waals surface area contributed by atoms with Crippen molar-refractivity contribution in [1.29, 1.82) is 0 Å². The van der Waals surface area contributed by atoms with Gasteiger partial charge in [-0.25, -0.2) is 4.39 Å². The van der Waals surface area contributed by atoms with Crippen molar-refractivity contribution in [3.05, 3.63) is 35.9 Å². The minimum absolute atomic E-state index is 0.00766. The second-order valence-corrected chi connectivity index (χ2v) is 9.20. The number of carbonyl (C=O) groups is 1. The molecule has 1 fully saturated rings. The summed E-state index contributed by atoms with van der Waals surface area (Å²) in [5, 5.41) is 12.3. The Bertz CT molecular complexity index is 817. The molecule has 0 spiro atoms. The van der Waals surface area contributed by atoms with Gasteiger partial charge in [0.1, 0.15) is 5.82 Å². The third-order valence-electron chi connectivity index (χ3n) is 5.49. The molecule has 8 heteroatoms. The molecule has 158 valence electrons. The number of carbonyl (C=O) groups excluding carboxylic acids is 1. The van der Waals surface area contributed by atoms with Crippen LogP contribution in [-0.2, 0) is 4.79 Å². The van der Waals surface area contributed by atoms with Crippen molar-refractivity contribution in [2.75, 3.05) is 14.1 Å². The first-order valence-corrected chi connectivity index (χ1v) is 11.1. The number of amides is 1. The van der Waals surface area contributed by atoms with Crippen LogP contribution in [0.5, 0.6) is 0 Å². The lowest BCUT2D eigenvalue weighted by Gasteiger charge is -2.24. The van der Waals surface area contributed by atoms with Crippen molar-refractivity contribution < 1.29 is 9.18 Å². The van der Waals surface area contributed by atoms with E-state index >= 15 is 0 Å². The molecule has 0 radical (unpaired) electrons. The molecule has 29 heavy (non-hydrogen) atoms. The van der Waals surface area contributed by atoms with Crippen molar-refractivity contribution in [3.8, 4) is 5.69 Å². The molecule has 0 bridgehead atoms. The van der Waals surface area contributed by atoms with Crippen LogP contribution in [0.3, 0.4) is 0 Å². The van der Waals surface area contributed by atoms with E-state index in [-0.39, 0.29) is 29.1 Å². The van der Waals surface area contributed by atoms with Gasteiger partial charge in [0.15, 0.2) is 11.0 Å². The van der Waals surface area contributed by atoms with E-state index in [0.29, 0.717) is 5.16 Å². The molecule has 1 heterocycles. The van der Waals surface area contributed by atoms with Crippen molar-refractivity contribution in [1.82, 2.24) is 25.0 Å². The van der Waals surface area contributed by atoms with Crippen LogP contribution in [0.15, 0.2) is 29.4 Å². The van der Waals surface area contributed by atoms with Crippen molar-refractivity contribution in [2.45, 2.75) is 68.4 Å². The van der Waals surface area contributed by atoms with Gasteiger partial charge in [-0.3, -0.25) is 14.3 Å². The van der Waals surface area contributed by atoms with Crippen molar-refractivity contribution >= 4 is 17.7 Å². The molecule has 6 nitrogen and oxygen atoms in total. The van der Waals surface area contributed by atoms with Gasteiger partial charge in [-0.05, 0) is 65.0 Å². The van der Waals surface area contributed by atoms with E-state index in [9.17, 15) is 9.18 Å². The largest absolute Gasteiger partial charge is 0.352 e. The molecule has 1 aliphatic rings. The van der Waals surface area contributed by atoms with Gasteiger partial charge in [-0.1, -0.05) is 31.0 Å². The summed E-state index contributed by atoms with van der Waals surface area (Å²) in [5.74, 6) is 0.486. The fourth-order valence-electron chi connectivity index (χ4n) is 3.47. The van der Waals surface area contributed by atoms with E-state index in [1.165, 1.54) is 43.2 Å². The highest BCUT2D eigenvalue weighted by Crippen LogP contribution is 2.29. The molecule has 0 aliphatic heterocycles. The average molecular weight is 420 g/mol. The maximum atomic E-state index is 13.4. The fraction of sp³-hybridized carbons (Fsp3) is 0.571. The highest BCUT2D eigenvalue weighted by molar-refractivity contribution is 8.00. The summed E-state index contributed by atoms with van der Waals surface area (Å²) in [5.41, 5.74) is 0.780. The fourth-order valence-corrected chi connectivity index (χ4v) is 4.35.